The lowest BCUT2D eigenvalue weighted by molar-refractivity contribution is 0.00578. The maximum absolute atomic E-state index is 12.2. The van der Waals surface area contributed by atoms with E-state index >= 15 is 0 Å². The summed E-state index contributed by atoms with van der Waals surface area (Å²) in [6.07, 6.45) is 7.06. The predicted molar refractivity (Wildman–Crippen MR) is 117 cm³/mol. The number of amides is 1. The number of ether oxygens (including phenoxy) is 1. The number of aromatic nitrogens is 2. The van der Waals surface area contributed by atoms with Gasteiger partial charge in [0.15, 0.2) is 0 Å². The van der Waals surface area contributed by atoms with Crippen LogP contribution in [0.3, 0.4) is 0 Å². The van der Waals surface area contributed by atoms with Gasteiger partial charge in [-0.15, -0.1) is 0 Å². The zero-order valence-electron chi connectivity index (χ0n) is 19.2. The van der Waals surface area contributed by atoms with Gasteiger partial charge in [0.1, 0.15) is 5.60 Å². The number of nitrogens with one attached hydrogen (secondary N) is 2. The molecule has 1 amide bonds. The van der Waals surface area contributed by atoms with E-state index in [1.54, 1.807) is 12.4 Å². The number of anilines is 1. The Morgan fingerprint density at radius 1 is 1.07 bits per heavy atom. The van der Waals surface area contributed by atoms with Crippen LogP contribution in [-0.4, -0.2) is 52.1 Å². The summed E-state index contributed by atoms with van der Waals surface area (Å²) in [6.45, 7) is 13.7. The van der Waals surface area contributed by atoms with Gasteiger partial charge < -0.3 is 24.7 Å². The van der Waals surface area contributed by atoms with Gasteiger partial charge in [-0.2, -0.15) is 0 Å². The van der Waals surface area contributed by atoms with E-state index in [1.807, 2.05) is 48.5 Å². The third-order valence-electron chi connectivity index (χ3n) is 5.98. The third-order valence-corrected chi connectivity index (χ3v) is 5.98. The van der Waals surface area contributed by atoms with Gasteiger partial charge in [0.2, 0.25) is 5.95 Å². The van der Waals surface area contributed by atoms with E-state index in [0.29, 0.717) is 5.95 Å². The highest BCUT2D eigenvalue weighted by atomic mass is 16.7. The monoisotopic (exact) mass is 418 g/mol. The second kappa shape index (κ2) is 8.34. The van der Waals surface area contributed by atoms with E-state index in [0.717, 1.165) is 31.1 Å². The molecule has 0 aromatic carbocycles. The minimum Gasteiger partial charge on any atom is -0.444 e. The fourth-order valence-corrected chi connectivity index (χ4v) is 3.61. The summed E-state index contributed by atoms with van der Waals surface area (Å²) in [5.41, 5.74) is -0.547. The lowest BCUT2D eigenvalue weighted by Gasteiger charge is -2.33. The largest absolute Gasteiger partial charge is 0.498 e. The van der Waals surface area contributed by atoms with Crippen LogP contribution in [0.15, 0.2) is 12.4 Å². The van der Waals surface area contributed by atoms with Crippen LogP contribution in [0.1, 0.15) is 74.1 Å². The van der Waals surface area contributed by atoms with Crippen molar-refractivity contribution in [1.29, 1.82) is 0 Å². The average molecular weight is 418 g/mol. The molecule has 0 spiro atoms. The Balaban J connectivity index is 1.62. The summed E-state index contributed by atoms with van der Waals surface area (Å²) in [7, 11) is -0.486. The molecular formula is C21H35BN4O4. The molecule has 166 valence electrons. The smallest absolute Gasteiger partial charge is 0.444 e. The van der Waals surface area contributed by atoms with Crippen LogP contribution in [0.5, 0.6) is 0 Å². The molecule has 2 atom stereocenters. The molecule has 8 nitrogen and oxygen atoms in total. The average Bonchev–Trinajstić information content (AvgIpc) is 2.83. The maximum atomic E-state index is 12.2. The standard InChI is InChI=1S/C21H35BN4O4/c1-19(2,3)28-18(27)26-16-11-9-8-10-15(16)25-17-23-12-14(13-24-17)22-29-20(4,5)21(6,7)30-22/h12-13,15-16H,8-11H2,1-7H3,(H,26,27)(H,23,24,25)/t15-,16-/m0/s1. The van der Waals surface area contributed by atoms with Crippen LogP contribution in [0.25, 0.3) is 0 Å². The highest BCUT2D eigenvalue weighted by Crippen LogP contribution is 2.36. The fraction of sp³-hybridized carbons (Fsp3) is 0.762. The van der Waals surface area contributed by atoms with Gasteiger partial charge >= 0.3 is 13.2 Å². The highest BCUT2D eigenvalue weighted by Gasteiger charge is 2.52. The Morgan fingerprint density at radius 3 is 2.13 bits per heavy atom. The number of carbonyl (C=O) groups is 1. The summed E-state index contributed by atoms with van der Waals surface area (Å²) >= 11 is 0. The SMILES string of the molecule is CC(C)(C)OC(=O)N[C@H]1CCCC[C@@H]1Nc1ncc(B2OC(C)(C)C(C)(C)O2)cn1. The quantitative estimate of drug-likeness (QED) is 0.726. The zero-order valence-corrected chi connectivity index (χ0v) is 19.2. The minimum atomic E-state index is -0.520. The maximum Gasteiger partial charge on any atom is 0.498 e. The third kappa shape index (κ3) is 5.43. The number of nitrogens with zero attached hydrogens (tertiary/aromatic N) is 2. The molecule has 1 aliphatic heterocycles. The highest BCUT2D eigenvalue weighted by molar-refractivity contribution is 6.61. The summed E-state index contributed by atoms with van der Waals surface area (Å²) in [6, 6.07) is 0.0222. The van der Waals surface area contributed by atoms with E-state index in [2.05, 4.69) is 20.6 Å². The summed E-state index contributed by atoms with van der Waals surface area (Å²) < 4.78 is 17.5. The zero-order chi connectivity index (χ0) is 22.2. The molecule has 2 N–H and O–H groups in total. The molecule has 9 heteroatoms. The number of rotatable bonds is 4. The van der Waals surface area contributed by atoms with Gasteiger partial charge in [-0.1, -0.05) is 12.8 Å². The number of alkyl carbamates (subject to hydrolysis) is 1. The number of hydrogen-bond acceptors (Lipinski definition) is 7. The molecule has 0 unspecified atom stereocenters. The van der Waals surface area contributed by atoms with Crippen LogP contribution >= 0.6 is 0 Å². The molecule has 3 rings (SSSR count). The van der Waals surface area contributed by atoms with Crippen molar-refractivity contribution in [3.63, 3.8) is 0 Å². The van der Waals surface area contributed by atoms with Gasteiger partial charge in [-0.3, -0.25) is 0 Å². The number of carbonyl (C=O) groups excluding carboxylic acids is 1. The lowest BCUT2D eigenvalue weighted by atomic mass is 9.81. The van der Waals surface area contributed by atoms with Crippen molar-refractivity contribution in [2.45, 2.75) is 103 Å². The van der Waals surface area contributed by atoms with Gasteiger partial charge in [0, 0.05) is 23.9 Å². The first-order valence-electron chi connectivity index (χ1n) is 10.8. The van der Waals surface area contributed by atoms with Gasteiger partial charge in [0.05, 0.1) is 17.2 Å². The molecule has 30 heavy (non-hydrogen) atoms. The van der Waals surface area contributed by atoms with Crippen LogP contribution in [0.2, 0.25) is 0 Å². The molecule has 1 saturated carbocycles. The number of hydrogen-bond donors (Lipinski definition) is 2. The molecule has 2 fully saturated rings. The second-order valence-electron chi connectivity index (χ2n) is 10.2. The van der Waals surface area contributed by atoms with E-state index in [9.17, 15) is 4.79 Å². The topological polar surface area (TPSA) is 94.6 Å². The molecule has 2 aliphatic rings. The van der Waals surface area contributed by atoms with E-state index in [4.69, 9.17) is 14.0 Å². The molecule has 1 saturated heterocycles. The Hall–Kier alpha value is -1.87. The predicted octanol–water partition coefficient (Wildman–Crippen LogP) is 3.02. The normalized spacial score (nSPS) is 25.6. The van der Waals surface area contributed by atoms with Gasteiger partial charge in [0.25, 0.3) is 0 Å². The van der Waals surface area contributed by atoms with Gasteiger partial charge in [-0.25, -0.2) is 14.8 Å². The first-order chi connectivity index (χ1) is 13.9. The molecule has 0 bridgehead atoms. The minimum absolute atomic E-state index is 0.0278. The van der Waals surface area contributed by atoms with Crippen LogP contribution in [-0.2, 0) is 14.0 Å². The molecule has 1 aromatic heterocycles. The first-order valence-corrected chi connectivity index (χ1v) is 10.8. The molecular weight excluding hydrogens is 383 g/mol. The van der Waals surface area contributed by atoms with Crippen molar-refractivity contribution >= 4 is 24.6 Å². The lowest BCUT2D eigenvalue weighted by Crippen LogP contribution is -2.50. The Kier molecular flexibility index (Phi) is 6.34. The molecule has 0 radical (unpaired) electrons. The molecule has 1 aromatic rings. The Bertz CT molecular complexity index is 732. The van der Waals surface area contributed by atoms with Crippen molar-refractivity contribution in [2.75, 3.05) is 5.32 Å². The van der Waals surface area contributed by atoms with Crippen molar-refractivity contribution in [3.05, 3.63) is 12.4 Å². The second-order valence-corrected chi connectivity index (χ2v) is 10.2. The summed E-state index contributed by atoms with van der Waals surface area (Å²) in [5.74, 6) is 0.526. The van der Waals surface area contributed by atoms with Crippen molar-refractivity contribution in [1.82, 2.24) is 15.3 Å². The summed E-state index contributed by atoms with van der Waals surface area (Å²) in [5, 5.41) is 6.38. The Morgan fingerprint density at radius 2 is 1.60 bits per heavy atom. The van der Waals surface area contributed by atoms with Crippen LogP contribution < -0.4 is 16.1 Å². The molecule has 2 heterocycles. The van der Waals surface area contributed by atoms with E-state index in [-0.39, 0.29) is 12.1 Å². The van der Waals surface area contributed by atoms with E-state index in [1.165, 1.54) is 0 Å². The van der Waals surface area contributed by atoms with Crippen molar-refractivity contribution in [3.8, 4) is 0 Å². The molecule has 1 aliphatic carbocycles. The van der Waals surface area contributed by atoms with E-state index < -0.39 is 30.0 Å². The van der Waals surface area contributed by atoms with Crippen molar-refractivity contribution < 1.29 is 18.8 Å². The first kappa shape index (κ1) is 22.8. The van der Waals surface area contributed by atoms with Gasteiger partial charge in [-0.05, 0) is 61.3 Å². The van der Waals surface area contributed by atoms with Crippen LogP contribution in [0, 0.1) is 0 Å². The van der Waals surface area contributed by atoms with Crippen LogP contribution in [0.4, 0.5) is 10.7 Å². The Labute approximate surface area is 180 Å². The van der Waals surface area contributed by atoms with Crippen molar-refractivity contribution in [2.24, 2.45) is 0 Å². The summed E-state index contributed by atoms with van der Waals surface area (Å²) in [4.78, 5) is 21.1. The fourth-order valence-electron chi connectivity index (χ4n) is 3.61.